The SMILES string of the molecule is CCCN(CC(=O)N1CCc2sccc2C1c1ccc(C)cc1)C(=O)c1cccs1. The van der Waals surface area contributed by atoms with E-state index in [1.54, 1.807) is 16.2 Å². The van der Waals surface area contributed by atoms with Crippen molar-refractivity contribution in [3.8, 4) is 0 Å². The molecule has 2 aromatic heterocycles. The monoisotopic (exact) mass is 438 g/mol. The van der Waals surface area contributed by atoms with Crippen LogP contribution < -0.4 is 0 Å². The van der Waals surface area contributed by atoms with Gasteiger partial charge in [0, 0.05) is 18.0 Å². The second kappa shape index (κ2) is 9.14. The molecular weight excluding hydrogens is 412 g/mol. The van der Waals surface area contributed by atoms with E-state index in [2.05, 4.69) is 42.6 Å². The van der Waals surface area contributed by atoms with E-state index < -0.39 is 0 Å². The molecule has 0 bridgehead atoms. The van der Waals surface area contributed by atoms with Gasteiger partial charge in [-0.3, -0.25) is 9.59 Å². The van der Waals surface area contributed by atoms with Crippen molar-refractivity contribution in [2.24, 2.45) is 0 Å². The van der Waals surface area contributed by atoms with Crippen molar-refractivity contribution >= 4 is 34.5 Å². The number of carbonyl (C=O) groups excluding carboxylic acids is 2. The first kappa shape index (κ1) is 20.8. The van der Waals surface area contributed by atoms with Crippen molar-refractivity contribution < 1.29 is 9.59 Å². The molecule has 0 radical (unpaired) electrons. The van der Waals surface area contributed by atoms with Crippen LogP contribution in [-0.4, -0.2) is 41.2 Å². The van der Waals surface area contributed by atoms with Crippen molar-refractivity contribution in [3.05, 3.63) is 79.7 Å². The predicted octanol–water partition coefficient (Wildman–Crippen LogP) is 5.14. The topological polar surface area (TPSA) is 40.6 Å². The van der Waals surface area contributed by atoms with Gasteiger partial charge in [0.15, 0.2) is 0 Å². The van der Waals surface area contributed by atoms with Crippen LogP contribution in [0.4, 0.5) is 0 Å². The zero-order chi connectivity index (χ0) is 21.1. The molecule has 0 saturated heterocycles. The van der Waals surface area contributed by atoms with Crippen LogP contribution in [0.1, 0.15) is 50.6 Å². The number of benzene rings is 1. The van der Waals surface area contributed by atoms with Gasteiger partial charge >= 0.3 is 0 Å². The van der Waals surface area contributed by atoms with Gasteiger partial charge in [-0.25, -0.2) is 0 Å². The van der Waals surface area contributed by atoms with Crippen LogP contribution in [0.2, 0.25) is 0 Å². The summed E-state index contributed by atoms with van der Waals surface area (Å²) in [4.78, 5) is 32.1. The highest BCUT2D eigenvalue weighted by Crippen LogP contribution is 2.38. The van der Waals surface area contributed by atoms with Gasteiger partial charge in [0.1, 0.15) is 6.54 Å². The minimum absolute atomic E-state index is 0.00998. The molecule has 6 heteroatoms. The highest BCUT2D eigenvalue weighted by atomic mass is 32.1. The third-order valence-electron chi connectivity index (χ3n) is 5.52. The van der Waals surface area contributed by atoms with Gasteiger partial charge in [0.05, 0.1) is 10.9 Å². The van der Waals surface area contributed by atoms with Crippen LogP contribution in [0.5, 0.6) is 0 Å². The van der Waals surface area contributed by atoms with Crippen LogP contribution in [0, 0.1) is 6.92 Å². The second-order valence-corrected chi connectivity index (χ2v) is 9.60. The van der Waals surface area contributed by atoms with Crippen molar-refractivity contribution in [2.45, 2.75) is 32.7 Å². The van der Waals surface area contributed by atoms with Crippen LogP contribution in [0.25, 0.3) is 0 Å². The molecule has 0 aliphatic carbocycles. The summed E-state index contributed by atoms with van der Waals surface area (Å²) in [6.07, 6.45) is 1.69. The molecule has 1 aromatic carbocycles. The van der Waals surface area contributed by atoms with E-state index in [9.17, 15) is 9.59 Å². The van der Waals surface area contributed by atoms with Crippen molar-refractivity contribution in [1.82, 2.24) is 9.80 Å². The lowest BCUT2D eigenvalue weighted by Gasteiger charge is -2.37. The van der Waals surface area contributed by atoms with E-state index in [0.717, 1.165) is 18.4 Å². The van der Waals surface area contributed by atoms with Crippen molar-refractivity contribution in [1.29, 1.82) is 0 Å². The largest absolute Gasteiger partial charge is 0.330 e. The lowest BCUT2D eigenvalue weighted by Crippen LogP contribution is -2.46. The summed E-state index contributed by atoms with van der Waals surface area (Å²) < 4.78 is 0. The molecule has 4 rings (SSSR count). The Labute approximate surface area is 185 Å². The molecule has 2 amide bonds. The van der Waals surface area contributed by atoms with E-state index in [-0.39, 0.29) is 24.4 Å². The number of carbonyl (C=O) groups is 2. The third-order valence-corrected chi connectivity index (χ3v) is 7.37. The molecule has 1 aliphatic heterocycles. The average Bonchev–Trinajstić information content (AvgIpc) is 3.44. The van der Waals surface area contributed by atoms with Gasteiger partial charge in [0.2, 0.25) is 5.91 Å². The summed E-state index contributed by atoms with van der Waals surface area (Å²) in [7, 11) is 0. The maximum Gasteiger partial charge on any atom is 0.264 e. The highest BCUT2D eigenvalue weighted by molar-refractivity contribution is 7.12. The molecule has 156 valence electrons. The minimum Gasteiger partial charge on any atom is -0.330 e. The Morgan fingerprint density at radius 1 is 1.10 bits per heavy atom. The Morgan fingerprint density at radius 3 is 2.60 bits per heavy atom. The Hall–Kier alpha value is -2.44. The molecule has 1 unspecified atom stereocenters. The van der Waals surface area contributed by atoms with E-state index in [1.807, 2.05) is 29.3 Å². The van der Waals surface area contributed by atoms with Crippen molar-refractivity contribution in [3.63, 3.8) is 0 Å². The zero-order valence-corrected chi connectivity index (χ0v) is 19.0. The van der Waals surface area contributed by atoms with Crippen LogP contribution in [-0.2, 0) is 11.2 Å². The second-order valence-electron chi connectivity index (χ2n) is 7.65. The molecule has 30 heavy (non-hydrogen) atoms. The molecule has 0 saturated carbocycles. The smallest absolute Gasteiger partial charge is 0.264 e. The first-order valence-electron chi connectivity index (χ1n) is 10.3. The number of rotatable bonds is 6. The maximum atomic E-state index is 13.5. The number of amides is 2. The molecule has 3 heterocycles. The molecule has 0 spiro atoms. The predicted molar refractivity (Wildman–Crippen MR) is 123 cm³/mol. The zero-order valence-electron chi connectivity index (χ0n) is 17.3. The molecule has 3 aromatic rings. The summed E-state index contributed by atoms with van der Waals surface area (Å²) in [6.45, 7) is 5.48. The van der Waals surface area contributed by atoms with E-state index in [0.29, 0.717) is 18.0 Å². The van der Waals surface area contributed by atoms with Gasteiger partial charge in [0.25, 0.3) is 5.91 Å². The third kappa shape index (κ3) is 4.20. The van der Waals surface area contributed by atoms with Crippen LogP contribution >= 0.6 is 22.7 Å². The van der Waals surface area contributed by atoms with Crippen LogP contribution in [0.15, 0.2) is 53.2 Å². The lowest BCUT2D eigenvalue weighted by molar-refractivity contribution is -0.134. The first-order chi connectivity index (χ1) is 14.6. The summed E-state index contributed by atoms with van der Waals surface area (Å²) in [5.74, 6) is -0.0453. The number of thiophene rings is 2. The number of aryl methyl sites for hydroxylation is 1. The Kier molecular flexibility index (Phi) is 6.35. The van der Waals surface area contributed by atoms with Crippen molar-refractivity contribution in [2.75, 3.05) is 19.6 Å². The quantitative estimate of drug-likeness (QED) is 0.534. The fourth-order valence-electron chi connectivity index (χ4n) is 4.03. The van der Waals surface area contributed by atoms with E-state index >= 15 is 0 Å². The normalized spacial score (nSPS) is 15.7. The summed E-state index contributed by atoms with van der Waals surface area (Å²) in [5, 5.41) is 4.01. The number of hydrogen-bond donors (Lipinski definition) is 0. The minimum atomic E-state index is -0.0894. The summed E-state index contributed by atoms with van der Waals surface area (Å²) in [5.41, 5.74) is 3.55. The first-order valence-corrected chi connectivity index (χ1v) is 12.1. The lowest BCUT2D eigenvalue weighted by atomic mass is 9.92. The Balaban J connectivity index is 1.61. The number of fused-ring (bicyclic) bond motifs is 1. The van der Waals surface area contributed by atoms with Crippen LogP contribution in [0.3, 0.4) is 0 Å². The molecule has 0 fully saturated rings. The van der Waals surface area contributed by atoms with E-state index in [1.165, 1.54) is 27.3 Å². The Bertz CT molecular complexity index is 1010. The summed E-state index contributed by atoms with van der Waals surface area (Å²) >= 11 is 3.19. The van der Waals surface area contributed by atoms with E-state index in [4.69, 9.17) is 0 Å². The average molecular weight is 439 g/mol. The van der Waals surface area contributed by atoms with Gasteiger partial charge in [-0.15, -0.1) is 22.7 Å². The van der Waals surface area contributed by atoms with Gasteiger partial charge in [-0.05, 0) is 53.8 Å². The molecule has 0 N–H and O–H groups in total. The molecular formula is C24H26N2O2S2. The fourth-order valence-corrected chi connectivity index (χ4v) is 5.62. The van der Waals surface area contributed by atoms with Gasteiger partial charge < -0.3 is 9.80 Å². The Morgan fingerprint density at radius 2 is 1.90 bits per heavy atom. The standard InChI is InChI=1S/C24H26N2O2S2/c1-3-12-25(24(28)21-5-4-14-29-21)16-22(27)26-13-10-20-19(11-15-30-20)23(26)18-8-6-17(2)7-9-18/h4-9,11,14-15,23H,3,10,12-13,16H2,1-2H3. The fraction of sp³-hybridized carbons (Fsp3) is 0.333. The highest BCUT2D eigenvalue weighted by Gasteiger charge is 2.34. The maximum absolute atomic E-state index is 13.5. The molecule has 1 aliphatic rings. The molecule has 4 nitrogen and oxygen atoms in total. The van der Waals surface area contributed by atoms with Gasteiger partial charge in [-0.1, -0.05) is 42.8 Å². The molecule has 1 atom stereocenters. The number of nitrogens with zero attached hydrogens (tertiary/aromatic N) is 2. The number of hydrogen-bond acceptors (Lipinski definition) is 4. The summed E-state index contributed by atoms with van der Waals surface area (Å²) in [6, 6.07) is 14.2. The van der Waals surface area contributed by atoms with Gasteiger partial charge in [-0.2, -0.15) is 0 Å².